The minimum absolute atomic E-state index is 0.00305. The van der Waals surface area contributed by atoms with Crippen molar-refractivity contribution < 1.29 is 24.2 Å². The van der Waals surface area contributed by atoms with Crippen LogP contribution in [0.1, 0.15) is 32.1 Å². The van der Waals surface area contributed by atoms with E-state index < -0.39 is 11.9 Å². The Hall–Kier alpha value is -2.02. The van der Waals surface area contributed by atoms with E-state index in [2.05, 4.69) is 19.7 Å². The fraction of sp³-hybridized carbons (Fsp3) is 0.455. The number of carbonyl (C=O) groups excluding carboxylic acids is 2. The normalized spacial score (nSPS) is 10.0. The van der Waals surface area contributed by atoms with Crippen LogP contribution in [0.3, 0.4) is 0 Å². The lowest BCUT2D eigenvalue weighted by Gasteiger charge is -2.10. The summed E-state index contributed by atoms with van der Waals surface area (Å²) in [5.41, 5.74) is 0.899. The fourth-order valence-corrected chi connectivity index (χ4v) is 1.52. The van der Waals surface area contributed by atoms with E-state index >= 15 is 0 Å². The zero-order valence-corrected chi connectivity index (χ0v) is 10.4. The molecular formula is C11H14N2O5. The molecule has 1 rings (SSSR count). The quantitative estimate of drug-likeness (QED) is 0.748. The van der Waals surface area contributed by atoms with Gasteiger partial charge >= 0.3 is 11.9 Å². The van der Waals surface area contributed by atoms with Crippen molar-refractivity contribution in [3.05, 3.63) is 22.5 Å². The molecule has 98 valence electrons. The summed E-state index contributed by atoms with van der Waals surface area (Å²) in [4.78, 5) is 22.9. The summed E-state index contributed by atoms with van der Waals surface area (Å²) in [6, 6.07) is 0. The number of aliphatic hydroxyl groups is 1. The van der Waals surface area contributed by atoms with Crippen LogP contribution < -0.4 is 0 Å². The number of aromatic nitrogens is 2. The maximum atomic E-state index is 11.5. The molecule has 0 aliphatic rings. The first-order chi connectivity index (χ1) is 8.56. The highest BCUT2D eigenvalue weighted by Gasteiger charge is 2.22. The van der Waals surface area contributed by atoms with Crippen molar-refractivity contribution in [2.24, 2.45) is 0 Å². The van der Waals surface area contributed by atoms with Crippen LogP contribution in [0.4, 0.5) is 0 Å². The molecule has 0 aliphatic heterocycles. The van der Waals surface area contributed by atoms with Crippen LogP contribution >= 0.6 is 0 Å². The van der Waals surface area contributed by atoms with E-state index in [1.165, 1.54) is 14.2 Å². The molecular weight excluding hydrogens is 240 g/mol. The second kappa shape index (κ2) is 6.06. The van der Waals surface area contributed by atoms with Gasteiger partial charge in [-0.2, -0.15) is 0 Å². The summed E-state index contributed by atoms with van der Waals surface area (Å²) in [5, 5.41) is 16.3. The molecule has 0 amide bonds. The van der Waals surface area contributed by atoms with Crippen LogP contribution in [0.2, 0.25) is 0 Å². The Balaban J connectivity index is 3.36. The largest absolute Gasteiger partial charge is 0.464 e. The molecule has 0 atom stereocenters. The van der Waals surface area contributed by atoms with Crippen molar-refractivity contribution in [1.82, 2.24) is 10.2 Å². The molecule has 0 spiro atoms. The zero-order valence-electron chi connectivity index (χ0n) is 10.4. The Morgan fingerprint density at radius 2 is 1.61 bits per heavy atom. The highest BCUT2D eigenvalue weighted by atomic mass is 16.5. The molecule has 0 aliphatic carbocycles. The van der Waals surface area contributed by atoms with Crippen LogP contribution in [0.5, 0.6) is 0 Å². The Morgan fingerprint density at radius 3 is 2.11 bits per heavy atom. The van der Waals surface area contributed by atoms with Gasteiger partial charge in [0, 0.05) is 6.61 Å². The first-order valence-corrected chi connectivity index (χ1v) is 5.20. The van der Waals surface area contributed by atoms with Crippen molar-refractivity contribution in [3.8, 4) is 0 Å². The number of aliphatic hydroxyl groups excluding tert-OH is 1. The highest BCUT2D eigenvalue weighted by molar-refractivity contribution is 5.92. The van der Waals surface area contributed by atoms with Gasteiger partial charge in [-0.25, -0.2) is 9.59 Å². The molecule has 0 fully saturated rings. The number of methoxy groups -OCH3 is 2. The van der Waals surface area contributed by atoms with Gasteiger partial charge in [-0.3, -0.25) is 0 Å². The number of hydrogen-bond donors (Lipinski definition) is 1. The van der Waals surface area contributed by atoms with Crippen LogP contribution in [0.15, 0.2) is 0 Å². The monoisotopic (exact) mass is 254 g/mol. The predicted molar refractivity (Wildman–Crippen MR) is 60.2 cm³/mol. The smallest absolute Gasteiger partial charge is 0.358 e. The maximum absolute atomic E-state index is 11.5. The van der Waals surface area contributed by atoms with E-state index in [4.69, 9.17) is 5.11 Å². The highest BCUT2D eigenvalue weighted by Crippen LogP contribution is 2.16. The minimum Gasteiger partial charge on any atom is -0.464 e. The number of hydrogen-bond acceptors (Lipinski definition) is 7. The molecule has 0 saturated heterocycles. The van der Waals surface area contributed by atoms with Crippen LogP contribution in [0.25, 0.3) is 0 Å². The molecule has 0 saturated carbocycles. The van der Waals surface area contributed by atoms with E-state index in [-0.39, 0.29) is 24.4 Å². The van der Waals surface area contributed by atoms with Gasteiger partial charge in [0.1, 0.15) is 0 Å². The van der Waals surface area contributed by atoms with Crippen molar-refractivity contribution in [2.45, 2.75) is 13.3 Å². The van der Waals surface area contributed by atoms with Gasteiger partial charge in [0.2, 0.25) is 0 Å². The van der Waals surface area contributed by atoms with Crippen molar-refractivity contribution in [1.29, 1.82) is 0 Å². The molecule has 1 aromatic rings. The lowest BCUT2D eigenvalue weighted by molar-refractivity contribution is 0.0571. The van der Waals surface area contributed by atoms with Crippen LogP contribution in [0, 0.1) is 6.92 Å². The molecule has 0 unspecified atom stereocenters. The molecule has 7 heteroatoms. The molecule has 0 radical (unpaired) electrons. The Bertz CT molecular complexity index is 473. The van der Waals surface area contributed by atoms with Gasteiger partial charge in [0.15, 0.2) is 11.4 Å². The molecule has 1 aromatic heterocycles. The van der Waals surface area contributed by atoms with Gasteiger partial charge in [-0.1, -0.05) is 0 Å². The van der Waals surface area contributed by atoms with Gasteiger partial charge in [-0.15, -0.1) is 10.2 Å². The first-order valence-electron chi connectivity index (χ1n) is 5.20. The number of rotatable bonds is 4. The number of nitrogens with zero attached hydrogens (tertiary/aromatic N) is 2. The maximum Gasteiger partial charge on any atom is 0.358 e. The number of esters is 2. The zero-order chi connectivity index (χ0) is 13.7. The van der Waals surface area contributed by atoms with Gasteiger partial charge in [0.05, 0.1) is 14.2 Å². The van der Waals surface area contributed by atoms with Crippen LogP contribution in [-0.2, 0) is 15.9 Å². The van der Waals surface area contributed by atoms with Crippen molar-refractivity contribution in [3.63, 3.8) is 0 Å². The summed E-state index contributed by atoms with van der Waals surface area (Å²) in [6.07, 6.45) is 0.176. The topological polar surface area (TPSA) is 98.6 Å². The second-order valence-corrected chi connectivity index (χ2v) is 3.46. The third kappa shape index (κ3) is 2.62. The van der Waals surface area contributed by atoms with Gasteiger partial charge < -0.3 is 14.6 Å². The fourth-order valence-electron chi connectivity index (χ4n) is 1.52. The van der Waals surface area contributed by atoms with Crippen molar-refractivity contribution >= 4 is 11.9 Å². The third-order valence-electron chi connectivity index (χ3n) is 2.46. The minimum atomic E-state index is -0.662. The van der Waals surface area contributed by atoms with E-state index in [0.717, 1.165) is 0 Å². The molecule has 1 heterocycles. The van der Waals surface area contributed by atoms with E-state index in [1.54, 1.807) is 6.92 Å². The lowest BCUT2D eigenvalue weighted by atomic mass is 10.0. The van der Waals surface area contributed by atoms with Crippen LogP contribution in [-0.4, -0.2) is 48.1 Å². The lowest BCUT2D eigenvalue weighted by Crippen LogP contribution is -2.18. The molecule has 0 aromatic carbocycles. The summed E-state index contributed by atoms with van der Waals surface area (Å²) < 4.78 is 9.12. The van der Waals surface area contributed by atoms with Gasteiger partial charge in [0.25, 0.3) is 0 Å². The SMILES string of the molecule is COC(=O)c1nnc(C(=O)OC)c(CCO)c1C. The Kier molecular flexibility index (Phi) is 4.73. The number of ether oxygens (including phenoxy) is 2. The molecule has 0 bridgehead atoms. The van der Waals surface area contributed by atoms with E-state index in [0.29, 0.717) is 11.1 Å². The summed E-state index contributed by atoms with van der Waals surface area (Å²) in [6.45, 7) is 1.43. The standard InChI is InChI=1S/C11H14N2O5/c1-6-7(4-5-14)9(11(16)18-3)13-12-8(6)10(15)17-2/h14H,4-5H2,1-3H3. The molecule has 1 N–H and O–H groups in total. The van der Waals surface area contributed by atoms with Crippen molar-refractivity contribution in [2.75, 3.05) is 20.8 Å². The Labute approximate surface area is 104 Å². The van der Waals surface area contributed by atoms with Gasteiger partial charge in [-0.05, 0) is 24.5 Å². The first kappa shape index (κ1) is 14.0. The Morgan fingerprint density at radius 1 is 1.11 bits per heavy atom. The summed E-state index contributed by atoms with van der Waals surface area (Å²) >= 11 is 0. The van der Waals surface area contributed by atoms with E-state index in [1.807, 2.05) is 0 Å². The van der Waals surface area contributed by atoms with E-state index in [9.17, 15) is 9.59 Å². The average molecular weight is 254 g/mol. The summed E-state index contributed by atoms with van der Waals surface area (Å²) in [7, 11) is 2.44. The third-order valence-corrected chi connectivity index (χ3v) is 2.46. The number of carbonyl (C=O) groups is 2. The summed E-state index contributed by atoms with van der Waals surface area (Å²) in [5.74, 6) is -1.30. The average Bonchev–Trinajstić information content (AvgIpc) is 2.39. The second-order valence-electron chi connectivity index (χ2n) is 3.46. The molecule has 7 nitrogen and oxygen atoms in total. The molecule has 18 heavy (non-hydrogen) atoms. The predicted octanol–water partition coefficient (Wildman–Crippen LogP) is -0.107.